The summed E-state index contributed by atoms with van der Waals surface area (Å²) in [6, 6.07) is 5.80. The fourth-order valence-electron chi connectivity index (χ4n) is 1.86. The number of aliphatic hydroxyl groups excluding tert-OH is 1. The lowest BCUT2D eigenvalue weighted by Crippen LogP contribution is -2.06. The molecule has 1 heterocycles. The van der Waals surface area contributed by atoms with E-state index >= 15 is 0 Å². The number of rotatable bonds is 5. The van der Waals surface area contributed by atoms with Gasteiger partial charge in [-0.05, 0) is 31.4 Å². The van der Waals surface area contributed by atoms with E-state index in [1.165, 1.54) is 12.8 Å². The van der Waals surface area contributed by atoms with E-state index in [2.05, 4.69) is 18.8 Å². The number of hydrogen-bond acceptors (Lipinski definition) is 2. The summed E-state index contributed by atoms with van der Waals surface area (Å²) in [5.74, 6) is 0.562. The fourth-order valence-corrected chi connectivity index (χ4v) is 1.86. The fraction of sp³-hybridized carbons (Fsp3) is 0.615. The third-order valence-electron chi connectivity index (χ3n) is 2.66. The van der Waals surface area contributed by atoms with E-state index in [1.807, 2.05) is 25.1 Å². The summed E-state index contributed by atoms with van der Waals surface area (Å²) < 4.78 is 0. The van der Waals surface area contributed by atoms with Crippen LogP contribution in [0.25, 0.3) is 0 Å². The highest BCUT2D eigenvalue weighted by molar-refractivity contribution is 5.12. The van der Waals surface area contributed by atoms with Crippen LogP contribution in [0.3, 0.4) is 0 Å². The Bertz CT molecular complexity index is 298. The monoisotopic (exact) mass is 207 g/mol. The van der Waals surface area contributed by atoms with Crippen LogP contribution in [0.2, 0.25) is 0 Å². The third-order valence-corrected chi connectivity index (χ3v) is 2.66. The topological polar surface area (TPSA) is 33.1 Å². The molecule has 0 spiro atoms. The van der Waals surface area contributed by atoms with E-state index in [4.69, 9.17) is 0 Å². The summed E-state index contributed by atoms with van der Waals surface area (Å²) in [6.07, 6.45) is 2.74. The Hall–Kier alpha value is -0.890. The van der Waals surface area contributed by atoms with E-state index in [0.717, 1.165) is 17.8 Å². The summed E-state index contributed by atoms with van der Waals surface area (Å²) in [6.45, 7) is 6.31. The molecule has 84 valence electrons. The van der Waals surface area contributed by atoms with Crippen molar-refractivity contribution in [3.05, 3.63) is 29.6 Å². The minimum Gasteiger partial charge on any atom is -0.387 e. The van der Waals surface area contributed by atoms with Crippen LogP contribution in [0.15, 0.2) is 18.2 Å². The molecule has 0 bridgehead atoms. The van der Waals surface area contributed by atoms with Crippen LogP contribution < -0.4 is 0 Å². The first-order chi connectivity index (χ1) is 7.13. The molecule has 0 aliphatic rings. The first-order valence-corrected chi connectivity index (χ1v) is 5.75. The smallest absolute Gasteiger partial charge is 0.0962 e. The number of aromatic nitrogens is 1. The van der Waals surface area contributed by atoms with Crippen LogP contribution in [-0.2, 0) is 0 Å². The van der Waals surface area contributed by atoms with E-state index in [1.54, 1.807) is 0 Å². The molecule has 0 aromatic carbocycles. The number of pyridine rings is 1. The highest BCUT2D eigenvalue weighted by Crippen LogP contribution is 2.22. The third kappa shape index (κ3) is 4.00. The van der Waals surface area contributed by atoms with Gasteiger partial charge >= 0.3 is 0 Å². The number of aliphatic hydroxyl groups is 1. The van der Waals surface area contributed by atoms with Gasteiger partial charge < -0.3 is 5.11 Å². The van der Waals surface area contributed by atoms with Crippen LogP contribution in [0.1, 0.15) is 50.6 Å². The number of aryl methyl sites for hydroxylation is 1. The molecule has 0 aliphatic carbocycles. The van der Waals surface area contributed by atoms with Gasteiger partial charge in [-0.2, -0.15) is 0 Å². The van der Waals surface area contributed by atoms with E-state index < -0.39 is 6.10 Å². The summed E-state index contributed by atoms with van der Waals surface area (Å²) in [5, 5.41) is 9.98. The zero-order valence-electron chi connectivity index (χ0n) is 9.90. The average Bonchev–Trinajstić information content (AvgIpc) is 2.18. The zero-order chi connectivity index (χ0) is 11.3. The van der Waals surface area contributed by atoms with Gasteiger partial charge in [0.1, 0.15) is 0 Å². The standard InChI is InChI=1S/C13H21NO/c1-4-6-10(2)9-13(15)12-8-5-7-11(3)14-12/h5,7-8,10,13,15H,4,6,9H2,1-3H3. The zero-order valence-corrected chi connectivity index (χ0v) is 9.90. The largest absolute Gasteiger partial charge is 0.387 e. The van der Waals surface area contributed by atoms with Crippen molar-refractivity contribution in [1.82, 2.24) is 4.98 Å². The van der Waals surface area contributed by atoms with E-state index in [0.29, 0.717) is 5.92 Å². The Morgan fingerprint density at radius 1 is 1.40 bits per heavy atom. The maximum atomic E-state index is 9.98. The van der Waals surface area contributed by atoms with Gasteiger partial charge in [0.25, 0.3) is 0 Å². The minimum absolute atomic E-state index is 0.411. The molecule has 0 amide bonds. The highest BCUT2D eigenvalue weighted by Gasteiger charge is 2.12. The van der Waals surface area contributed by atoms with Crippen LogP contribution in [0.4, 0.5) is 0 Å². The van der Waals surface area contributed by atoms with Crippen molar-refractivity contribution in [3.8, 4) is 0 Å². The van der Waals surface area contributed by atoms with Crippen molar-refractivity contribution in [3.63, 3.8) is 0 Å². The second-order valence-electron chi connectivity index (χ2n) is 4.35. The van der Waals surface area contributed by atoms with Crippen LogP contribution in [-0.4, -0.2) is 10.1 Å². The van der Waals surface area contributed by atoms with Gasteiger partial charge in [-0.25, -0.2) is 0 Å². The predicted octanol–water partition coefficient (Wildman–Crippen LogP) is 3.25. The average molecular weight is 207 g/mol. The molecule has 1 aromatic heterocycles. The first-order valence-electron chi connectivity index (χ1n) is 5.75. The lowest BCUT2D eigenvalue weighted by molar-refractivity contribution is 0.140. The van der Waals surface area contributed by atoms with Crippen LogP contribution >= 0.6 is 0 Å². The molecular weight excluding hydrogens is 186 g/mol. The Morgan fingerprint density at radius 2 is 2.13 bits per heavy atom. The molecule has 2 nitrogen and oxygen atoms in total. The molecule has 1 N–H and O–H groups in total. The maximum Gasteiger partial charge on any atom is 0.0962 e. The highest BCUT2D eigenvalue weighted by atomic mass is 16.3. The molecule has 0 saturated carbocycles. The van der Waals surface area contributed by atoms with Crippen LogP contribution in [0.5, 0.6) is 0 Å². The van der Waals surface area contributed by atoms with Gasteiger partial charge in [-0.15, -0.1) is 0 Å². The second-order valence-corrected chi connectivity index (χ2v) is 4.35. The molecule has 2 heteroatoms. The quantitative estimate of drug-likeness (QED) is 0.804. The molecule has 0 radical (unpaired) electrons. The van der Waals surface area contributed by atoms with E-state index in [9.17, 15) is 5.11 Å². The molecular formula is C13H21NO. The summed E-state index contributed by atoms with van der Waals surface area (Å²) in [5.41, 5.74) is 1.77. The number of nitrogens with zero attached hydrogens (tertiary/aromatic N) is 1. The Kier molecular flexibility index (Phi) is 4.76. The molecule has 0 fully saturated rings. The second kappa shape index (κ2) is 5.86. The van der Waals surface area contributed by atoms with Crippen molar-refractivity contribution in [2.45, 2.75) is 46.1 Å². The summed E-state index contributed by atoms with van der Waals surface area (Å²) in [7, 11) is 0. The van der Waals surface area contributed by atoms with Crippen molar-refractivity contribution in [1.29, 1.82) is 0 Å². The molecule has 15 heavy (non-hydrogen) atoms. The van der Waals surface area contributed by atoms with Gasteiger partial charge in [0, 0.05) is 5.69 Å². The Morgan fingerprint density at radius 3 is 2.73 bits per heavy atom. The molecule has 1 rings (SSSR count). The Balaban J connectivity index is 2.56. The van der Waals surface area contributed by atoms with Gasteiger partial charge in [-0.1, -0.05) is 32.8 Å². The van der Waals surface area contributed by atoms with Crippen molar-refractivity contribution >= 4 is 0 Å². The maximum absolute atomic E-state index is 9.98. The molecule has 0 aliphatic heterocycles. The van der Waals surface area contributed by atoms with Gasteiger partial charge in [0.2, 0.25) is 0 Å². The summed E-state index contributed by atoms with van der Waals surface area (Å²) in [4.78, 5) is 4.34. The van der Waals surface area contributed by atoms with Gasteiger partial charge in [-0.3, -0.25) is 4.98 Å². The normalized spacial score (nSPS) is 14.9. The van der Waals surface area contributed by atoms with Gasteiger partial charge in [0.05, 0.1) is 11.8 Å². The van der Waals surface area contributed by atoms with Gasteiger partial charge in [0.15, 0.2) is 0 Å². The predicted molar refractivity (Wildman–Crippen MR) is 62.6 cm³/mol. The van der Waals surface area contributed by atoms with Crippen LogP contribution in [0, 0.1) is 12.8 Å². The van der Waals surface area contributed by atoms with Crippen molar-refractivity contribution in [2.24, 2.45) is 5.92 Å². The molecule has 1 aromatic rings. The number of hydrogen-bond donors (Lipinski definition) is 1. The molecule has 0 saturated heterocycles. The lowest BCUT2D eigenvalue weighted by atomic mass is 9.97. The minimum atomic E-state index is -0.411. The first kappa shape index (κ1) is 12.2. The SMILES string of the molecule is CCCC(C)CC(O)c1cccc(C)n1. The summed E-state index contributed by atoms with van der Waals surface area (Å²) >= 11 is 0. The molecule has 2 unspecified atom stereocenters. The molecule has 2 atom stereocenters. The lowest BCUT2D eigenvalue weighted by Gasteiger charge is -2.15. The van der Waals surface area contributed by atoms with Crippen molar-refractivity contribution in [2.75, 3.05) is 0 Å². The van der Waals surface area contributed by atoms with E-state index in [-0.39, 0.29) is 0 Å². The Labute approximate surface area is 92.4 Å². The van der Waals surface area contributed by atoms with Crippen molar-refractivity contribution < 1.29 is 5.11 Å².